The molecule has 1 atom stereocenters. The molecule has 1 rings (SSSR count). The van der Waals surface area contributed by atoms with Crippen molar-refractivity contribution in [3.05, 3.63) is 0 Å². The fourth-order valence-electron chi connectivity index (χ4n) is 2.30. The Labute approximate surface area is 112 Å². The summed E-state index contributed by atoms with van der Waals surface area (Å²) in [5.74, 6) is 2.44. The van der Waals surface area contributed by atoms with E-state index >= 15 is 0 Å². The van der Waals surface area contributed by atoms with Crippen molar-refractivity contribution in [3.8, 4) is 0 Å². The quantitative estimate of drug-likeness (QED) is 0.448. The van der Waals surface area contributed by atoms with Gasteiger partial charge in [-0.15, -0.1) is 0 Å². The Hall–Kier alpha value is -0.770. The molecule has 1 aliphatic rings. The molecular weight excluding hydrogens is 226 g/mol. The number of rotatable bonds is 6. The minimum Gasteiger partial charge on any atom is -0.381 e. The minimum absolute atomic E-state index is 0.657. The Bertz CT molecular complexity index is 247. The molecule has 18 heavy (non-hydrogen) atoms. The van der Waals surface area contributed by atoms with Crippen LogP contribution in [0.5, 0.6) is 0 Å². The normalized spacial score (nSPS) is 20.5. The van der Waals surface area contributed by atoms with Gasteiger partial charge in [0.25, 0.3) is 0 Å². The molecule has 0 aliphatic carbocycles. The maximum absolute atomic E-state index is 5.41. The lowest BCUT2D eigenvalue weighted by Gasteiger charge is -2.24. The SMILES string of the molecule is CN=C(NCCCC(C)C)N(C)CC1CCOC1. The van der Waals surface area contributed by atoms with Crippen molar-refractivity contribution in [1.82, 2.24) is 10.2 Å². The van der Waals surface area contributed by atoms with Gasteiger partial charge >= 0.3 is 0 Å². The number of nitrogens with one attached hydrogen (secondary N) is 1. The van der Waals surface area contributed by atoms with Gasteiger partial charge in [0, 0.05) is 39.7 Å². The average Bonchev–Trinajstić information content (AvgIpc) is 2.81. The zero-order valence-electron chi connectivity index (χ0n) is 12.4. The summed E-state index contributed by atoms with van der Waals surface area (Å²) in [6.07, 6.45) is 3.65. The van der Waals surface area contributed by atoms with E-state index in [0.29, 0.717) is 5.92 Å². The molecule has 1 unspecified atom stereocenters. The summed E-state index contributed by atoms with van der Waals surface area (Å²) in [6.45, 7) is 8.38. The van der Waals surface area contributed by atoms with Gasteiger partial charge in [-0.25, -0.2) is 0 Å². The van der Waals surface area contributed by atoms with Gasteiger partial charge < -0.3 is 15.0 Å². The summed E-state index contributed by atoms with van der Waals surface area (Å²) in [4.78, 5) is 6.55. The maximum Gasteiger partial charge on any atom is 0.193 e. The van der Waals surface area contributed by atoms with Crippen LogP contribution < -0.4 is 5.32 Å². The summed E-state index contributed by atoms with van der Waals surface area (Å²) >= 11 is 0. The van der Waals surface area contributed by atoms with Crippen LogP contribution in [0, 0.1) is 11.8 Å². The van der Waals surface area contributed by atoms with Crippen molar-refractivity contribution in [3.63, 3.8) is 0 Å². The highest BCUT2D eigenvalue weighted by Crippen LogP contribution is 2.13. The van der Waals surface area contributed by atoms with Gasteiger partial charge in [0.15, 0.2) is 5.96 Å². The van der Waals surface area contributed by atoms with Gasteiger partial charge in [0.1, 0.15) is 0 Å². The van der Waals surface area contributed by atoms with Crippen LogP contribution in [-0.4, -0.2) is 51.3 Å². The van der Waals surface area contributed by atoms with Crippen molar-refractivity contribution in [2.24, 2.45) is 16.8 Å². The molecular formula is C14H29N3O. The predicted octanol–water partition coefficient (Wildman–Crippen LogP) is 1.97. The van der Waals surface area contributed by atoms with E-state index in [1.54, 1.807) is 0 Å². The molecule has 0 aromatic heterocycles. The van der Waals surface area contributed by atoms with E-state index in [2.05, 4.69) is 36.1 Å². The second kappa shape index (κ2) is 8.35. The van der Waals surface area contributed by atoms with Crippen molar-refractivity contribution < 1.29 is 4.74 Å². The van der Waals surface area contributed by atoms with E-state index < -0.39 is 0 Å². The molecule has 4 heteroatoms. The molecule has 106 valence electrons. The number of ether oxygens (including phenoxy) is 1. The Kier molecular flexibility index (Phi) is 7.09. The average molecular weight is 255 g/mol. The summed E-state index contributed by atoms with van der Waals surface area (Å²) in [6, 6.07) is 0. The molecule has 1 saturated heterocycles. The highest BCUT2D eigenvalue weighted by molar-refractivity contribution is 5.79. The van der Waals surface area contributed by atoms with Gasteiger partial charge in [-0.3, -0.25) is 4.99 Å². The number of guanidine groups is 1. The van der Waals surface area contributed by atoms with Gasteiger partial charge in [0.2, 0.25) is 0 Å². The first kappa shape index (κ1) is 15.3. The molecule has 1 N–H and O–H groups in total. The Morgan fingerprint density at radius 2 is 2.28 bits per heavy atom. The molecule has 0 saturated carbocycles. The van der Waals surface area contributed by atoms with Crippen LogP contribution in [0.3, 0.4) is 0 Å². The van der Waals surface area contributed by atoms with E-state index in [9.17, 15) is 0 Å². The minimum atomic E-state index is 0.657. The van der Waals surface area contributed by atoms with Gasteiger partial charge in [-0.1, -0.05) is 13.8 Å². The smallest absolute Gasteiger partial charge is 0.193 e. The topological polar surface area (TPSA) is 36.9 Å². The Morgan fingerprint density at radius 3 is 2.83 bits per heavy atom. The second-order valence-corrected chi connectivity index (χ2v) is 5.62. The first-order chi connectivity index (χ1) is 8.63. The lowest BCUT2D eigenvalue weighted by molar-refractivity contribution is 0.181. The van der Waals surface area contributed by atoms with Gasteiger partial charge in [0.05, 0.1) is 6.61 Å². The van der Waals surface area contributed by atoms with E-state index in [1.807, 2.05) is 7.05 Å². The van der Waals surface area contributed by atoms with Crippen molar-refractivity contribution in [2.45, 2.75) is 33.1 Å². The van der Waals surface area contributed by atoms with Gasteiger partial charge in [-0.2, -0.15) is 0 Å². The van der Waals surface area contributed by atoms with Crippen LogP contribution >= 0.6 is 0 Å². The fraction of sp³-hybridized carbons (Fsp3) is 0.929. The molecule has 1 aliphatic heterocycles. The molecule has 1 fully saturated rings. The summed E-state index contributed by atoms with van der Waals surface area (Å²) in [5, 5.41) is 3.43. The number of hydrogen-bond donors (Lipinski definition) is 1. The molecule has 0 amide bonds. The highest BCUT2D eigenvalue weighted by atomic mass is 16.5. The van der Waals surface area contributed by atoms with Crippen LogP contribution in [0.25, 0.3) is 0 Å². The third-order valence-corrected chi connectivity index (χ3v) is 3.37. The molecule has 4 nitrogen and oxygen atoms in total. The lowest BCUT2D eigenvalue weighted by Crippen LogP contribution is -2.41. The third-order valence-electron chi connectivity index (χ3n) is 3.37. The Balaban J connectivity index is 2.22. The Morgan fingerprint density at radius 1 is 1.50 bits per heavy atom. The molecule has 0 aromatic carbocycles. The van der Waals surface area contributed by atoms with Crippen molar-refractivity contribution in [2.75, 3.05) is 40.4 Å². The first-order valence-electron chi connectivity index (χ1n) is 7.13. The second-order valence-electron chi connectivity index (χ2n) is 5.62. The first-order valence-corrected chi connectivity index (χ1v) is 7.13. The monoisotopic (exact) mass is 255 g/mol. The predicted molar refractivity (Wildman–Crippen MR) is 77.0 cm³/mol. The zero-order valence-corrected chi connectivity index (χ0v) is 12.4. The standard InChI is InChI=1S/C14H29N3O/c1-12(2)6-5-8-16-14(15-3)17(4)10-13-7-9-18-11-13/h12-13H,5-11H2,1-4H3,(H,15,16). The number of nitrogens with zero attached hydrogens (tertiary/aromatic N) is 2. The molecule has 0 bridgehead atoms. The molecule has 0 radical (unpaired) electrons. The maximum atomic E-state index is 5.41. The lowest BCUT2D eigenvalue weighted by atomic mass is 10.1. The highest BCUT2D eigenvalue weighted by Gasteiger charge is 2.18. The van der Waals surface area contributed by atoms with E-state index in [4.69, 9.17) is 4.74 Å². The van der Waals surface area contributed by atoms with E-state index in [-0.39, 0.29) is 0 Å². The van der Waals surface area contributed by atoms with Crippen LogP contribution in [0.1, 0.15) is 33.1 Å². The van der Waals surface area contributed by atoms with E-state index in [1.165, 1.54) is 19.3 Å². The number of hydrogen-bond acceptors (Lipinski definition) is 2. The van der Waals surface area contributed by atoms with Crippen LogP contribution in [0.15, 0.2) is 4.99 Å². The molecule has 0 aromatic rings. The van der Waals surface area contributed by atoms with E-state index in [0.717, 1.165) is 38.2 Å². The largest absolute Gasteiger partial charge is 0.381 e. The number of aliphatic imine (C=N–C) groups is 1. The van der Waals surface area contributed by atoms with Crippen LogP contribution in [0.2, 0.25) is 0 Å². The fourth-order valence-corrected chi connectivity index (χ4v) is 2.30. The summed E-state index contributed by atoms with van der Waals surface area (Å²) in [5.41, 5.74) is 0. The van der Waals surface area contributed by atoms with Crippen molar-refractivity contribution >= 4 is 5.96 Å². The van der Waals surface area contributed by atoms with Crippen molar-refractivity contribution in [1.29, 1.82) is 0 Å². The molecule has 0 spiro atoms. The molecule has 1 heterocycles. The summed E-state index contributed by atoms with van der Waals surface area (Å²) < 4.78 is 5.41. The van der Waals surface area contributed by atoms with Crippen LogP contribution in [0.4, 0.5) is 0 Å². The van der Waals surface area contributed by atoms with Gasteiger partial charge in [-0.05, 0) is 25.2 Å². The zero-order chi connectivity index (χ0) is 13.4. The third kappa shape index (κ3) is 5.71. The summed E-state index contributed by atoms with van der Waals surface area (Å²) in [7, 11) is 3.96. The van der Waals surface area contributed by atoms with Crippen LogP contribution in [-0.2, 0) is 4.74 Å².